The Balaban J connectivity index is 2.05. The summed E-state index contributed by atoms with van der Waals surface area (Å²) in [5.41, 5.74) is 2.45. The van der Waals surface area contributed by atoms with Crippen molar-refractivity contribution in [1.82, 2.24) is 20.9 Å². The molecule has 0 aliphatic rings. The van der Waals surface area contributed by atoms with Gasteiger partial charge in [-0.3, -0.25) is 9.78 Å². The number of amides is 3. The topological polar surface area (TPSA) is 103 Å². The van der Waals surface area contributed by atoms with Gasteiger partial charge < -0.3 is 21.1 Å². The first-order valence-electron chi connectivity index (χ1n) is 8.69. The Hall–Kier alpha value is -3.14. The summed E-state index contributed by atoms with van der Waals surface area (Å²) in [6, 6.07) is 8.08. The molecule has 2 atom stereocenters. The molecule has 29 heavy (non-hydrogen) atoms. The first kappa shape index (κ1) is 22.2. The zero-order valence-electron chi connectivity index (χ0n) is 15.5. The second kappa shape index (κ2) is 10.4. The van der Waals surface area contributed by atoms with Gasteiger partial charge in [0, 0.05) is 18.8 Å². The molecule has 2 aromatic rings. The minimum absolute atomic E-state index is 0.264. The molecule has 0 radical (unpaired) electrons. The highest BCUT2D eigenvalue weighted by Gasteiger charge is 2.26. The van der Waals surface area contributed by atoms with Gasteiger partial charge in [0.2, 0.25) is 0 Å². The van der Waals surface area contributed by atoms with E-state index in [4.69, 9.17) is 0 Å². The first-order valence-corrected chi connectivity index (χ1v) is 8.69. The Bertz CT molecular complexity index is 816. The lowest BCUT2D eigenvalue weighted by atomic mass is 9.99. The van der Waals surface area contributed by atoms with E-state index in [0.717, 1.165) is 11.1 Å². The Morgan fingerprint density at radius 3 is 2.28 bits per heavy atom. The first-order chi connectivity index (χ1) is 13.8. The number of rotatable bonds is 8. The van der Waals surface area contributed by atoms with Crippen molar-refractivity contribution in [1.29, 1.82) is 0 Å². The van der Waals surface area contributed by atoms with Crippen LogP contribution in [0.1, 0.15) is 17.4 Å². The average Bonchev–Trinajstić information content (AvgIpc) is 2.75. The number of aromatic nitrogens is 1. The number of aliphatic hydroxyl groups is 1. The number of aliphatic hydroxyl groups excluding tert-OH is 1. The van der Waals surface area contributed by atoms with Crippen LogP contribution in [0.2, 0.25) is 0 Å². The summed E-state index contributed by atoms with van der Waals surface area (Å²) in [4.78, 5) is 26.5. The second-order valence-corrected chi connectivity index (χ2v) is 6.11. The number of benzene rings is 1. The maximum absolute atomic E-state index is 13.1. The van der Waals surface area contributed by atoms with Crippen molar-refractivity contribution >= 4 is 11.9 Å². The van der Waals surface area contributed by atoms with Crippen LogP contribution >= 0.6 is 0 Å². The largest absolute Gasteiger partial charge is 0.386 e. The van der Waals surface area contributed by atoms with Crippen molar-refractivity contribution in [3.05, 3.63) is 53.9 Å². The molecule has 10 heteroatoms. The zero-order valence-corrected chi connectivity index (χ0v) is 15.5. The number of urea groups is 1. The molecule has 0 saturated carbocycles. The number of alkyl halides is 3. The number of carbonyl (C=O) groups is 2. The van der Waals surface area contributed by atoms with Crippen LogP contribution in [0.5, 0.6) is 0 Å². The van der Waals surface area contributed by atoms with Gasteiger partial charge in [-0.15, -0.1) is 0 Å². The van der Waals surface area contributed by atoms with Crippen LogP contribution in [0.15, 0.2) is 42.6 Å². The Morgan fingerprint density at radius 2 is 1.76 bits per heavy atom. The van der Waals surface area contributed by atoms with E-state index < -0.39 is 31.2 Å². The van der Waals surface area contributed by atoms with E-state index in [2.05, 4.69) is 15.6 Å². The van der Waals surface area contributed by atoms with Crippen molar-refractivity contribution in [3.8, 4) is 11.1 Å². The van der Waals surface area contributed by atoms with Crippen molar-refractivity contribution in [2.24, 2.45) is 0 Å². The Morgan fingerprint density at radius 1 is 1.10 bits per heavy atom. The predicted octanol–water partition coefficient (Wildman–Crippen LogP) is 1.93. The van der Waals surface area contributed by atoms with Gasteiger partial charge in [-0.05, 0) is 17.2 Å². The van der Waals surface area contributed by atoms with Gasteiger partial charge in [0.1, 0.15) is 12.8 Å². The molecule has 0 aliphatic carbocycles. The highest BCUT2D eigenvalue weighted by atomic mass is 19.3. The normalized spacial score (nSPS) is 12.9. The van der Waals surface area contributed by atoms with Crippen LogP contribution in [0.25, 0.3) is 11.1 Å². The molecule has 0 saturated heterocycles. The van der Waals surface area contributed by atoms with Gasteiger partial charge in [0.15, 0.2) is 0 Å². The van der Waals surface area contributed by atoms with E-state index in [1.807, 2.05) is 0 Å². The molecule has 156 valence electrons. The van der Waals surface area contributed by atoms with Gasteiger partial charge in [-0.25, -0.2) is 9.18 Å². The third-order valence-electron chi connectivity index (χ3n) is 4.14. The van der Waals surface area contributed by atoms with E-state index in [-0.39, 0.29) is 18.1 Å². The maximum Gasteiger partial charge on any atom is 0.315 e. The standard InChI is InChI=1S/C19H21F3N4O3/c1-23-19(29)25-10-14-7-6-13(9-24-14)11-2-4-12(5-3-11)16(27)15(8-20)26-18(28)17(21)22/h2-7,9,15-17,27H,8,10H2,1H3,(H,26,28)(H2,23,25,29)/t15-,16-/m1/s1. The van der Waals surface area contributed by atoms with Crippen LogP contribution < -0.4 is 16.0 Å². The molecular formula is C19H21F3N4O3. The quantitative estimate of drug-likeness (QED) is 0.534. The molecule has 0 unspecified atom stereocenters. The lowest BCUT2D eigenvalue weighted by molar-refractivity contribution is -0.133. The van der Waals surface area contributed by atoms with E-state index in [1.165, 1.54) is 19.2 Å². The van der Waals surface area contributed by atoms with E-state index >= 15 is 0 Å². The van der Waals surface area contributed by atoms with Gasteiger partial charge in [0.25, 0.3) is 5.91 Å². The number of hydrogen-bond acceptors (Lipinski definition) is 4. The minimum Gasteiger partial charge on any atom is -0.386 e. The lowest BCUT2D eigenvalue weighted by Gasteiger charge is -2.22. The van der Waals surface area contributed by atoms with Crippen molar-refractivity contribution in [2.45, 2.75) is 25.1 Å². The second-order valence-electron chi connectivity index (χ2n) is 6.11. The van der Waals surface area contributed by atoms with Crippen molar-refractivity contribution in [2.75, 3.05) is 13.7 Å². The predicted molar refractivity (Wildman–Crippen MR) is 99.8 cm³/mol. The third-order valence-corrected chi connectivity index (χ3v) is 4.14. The lowest BCUT2D eigenvalue weighted by Crippen LogP contribution is -2.43. The van der Waals surface area contributed by atoms with Crippen molar-refractivity contribution < 1.29 is 27.9 Å². The van der Waals surface area contributed by atoms with E-state index in [1.54, 1.807) is 35.8 Å². The summed E-state index contributed by atoms with van der Waals surface area (Å²) >= 11 is 0. The molecule has 7 nitrogen and oxygen atoms in total. The molecule has 0 fully saturated rings. The molecule has 1 aromatic carbocycles. The molecule has 0 bridgehead atoms. The molecule has 4 N–H and O–H groups in total. The summed E-state index contributed by atoms with van der Waals surface area (Å²) in [5.74, 6) is -1.64. The fourth-order valence-corrected chi connectivity index (χ4v) is 2.51. The Labute approximate surface area is 165 Å². The average molecular weight is 410 g/mol. The van der Waals surface area contributed by atoms with Crippen LogP contribution in [0, 0.1) is 0 Å². The smallest absolute Gasteiger partial charge is 0.315 e. The molecule has 0 spiro atoms. The van der Waals surface area contributed by atoms with Gasteiger partial charge in [-0.1, -0.05) is 30.3 Å². The Kier molecular flexibility index (Phi) is 7.96. The number of nitrogens with zero attached hydrogens (tertiary/aromatic N) is 1. The number of pyridine rings is 1. The van der Waals surface area contributed by atoms with Crippen LogP contribution in [-0.4, -0.2) is 48.2 Å². The monoisotopic (exact) mass is 410 g/mol. The van der Waals surface area contributed by atoms with E-state index in [9.17, 15) is 27.9 Å². The summed E-state index contributed by atoms with van der Waals surface area (Å²) in [6.07, 6.45) is -3.16. The summed E-state index contributed by atoms with van der Waals surface area (Å²) < 4.78 is 37.7. The van der Waals surface area contributed by atoms with Crippen LogP contribution in [-0.2, 0) is 11.3 Å². The van der Waals surface area contributed by atoms with Gasteiger partial charge >= 0.3 is 12.5 Å². The third kappa shape index (κ3) is 6.18. The fourth-order valence-electron chi connectivity index (χ4n) is 2.51. The number of halogens is 3. The van der Waals surface area contributed by atoms with Crippen molar-refractivity contribution in [3.63, 3.8) is 0 Å². The maximum atomic E-state index is 13.1. The van der Waals surface area contributed by atoms with E-state index in [0.29, 0.717) is 5.69 Å². The zero-order chi connectivity index (χ0) is 21.4. The number of hydrogen-bond donors (Lipinski definition) is 4. The van der Waals surface area contributed by atoms with Crippen LogP contribution in [0.3, 0.4) is 0 Å². The fraction of sp³-hybridized carbons (Fsp3) is 0.316. The molecule has 3 amide bonds. The van der Waals surface area contributed by atoms with Gasteiger partial charge in [-0.2, -0.15) is 8.78 Å². The molecule has 2 rings (SSSR count). The minimum atomic E-state index is -3.29. The van der Waals surface area contributed by atoms with Crippen LogP contribution in [0.4, 0.5) is 18.0 Å². The SMILES string of the molecule is CNC(=O)NCc1ccc(-c2ccc([C@@H](O)[C@@H](CF)NC(=O)C(F)F)cc2)cn1. The molecule has 1 aromatic heterocycles. The number of carbonyl (C=O) groups excluding carboxylic acids is 2. The highest BCUT2D eigenvalue weighted by Crippen LogP contribution is 2.23. The highest BCUT2D eigenvalue weighted by molar-refractivity contribution is 5.79. The molecule has 1 heterocycles. The molecular weight excluding hydrogens is 389 g/mol. The summed E-state index contributed by atoms with van der Waals surface area (Å²) in [5, 5.41) is 17.0. The van der Waals surface area contributed by atoms with Gasteiger partial charge in [0.05, 0.1) is 18.3 Å². The summed E-state index contributed by atoms with van der Waals surface area (Å²) in [6.45, 7) is -0.934. The number of nitrogens with one attached hydrogen (secondary N) is 3. The molecule has 0 aliphatic heterocycles. The summed E-state index contributed by atoms with van der Waals surface area (Å²) in [7, 11) is 1.51.